The van der Waals surface area contributed by atoms with Crippen LogP contribution in [-0.4, -0.2) is 11.4 Å². The molecule has 0 heterocycles. The van der Waals surface area contributed by atoms with Gasteiger partial charge in [0, 0.05) is 23.0 Å². The number of nitrogens with one attached hydrogen (secondary N) is 1. The van der Waals surface area contributed by atoms with E-state index in [0.29, 0.717) is 17.0 Å². The minimum atomic E-state index is 0.168. The summed E-state index contributed by atoms with van der Waals surface area (Å²) in [7, 11) is 0. The highest BCUT2D eigenvalue weighted by molar-refractivity contribution is 5.82. The van der Waals surface area contributed by atoms with E-state index in [2.05, 4.69) is 11.9 Å². The van der Waals surface area contributed by atoms with Crippen molar-refractivity contribution in [3.63, 3.8) is 0 Å². The second-order valence-corrected chi connectivity index (χ2v) is 3.35. The molecule has 1 rings (SSSR count). The van der Waals surface area contributed by atoms with Crippen LogP contribution < -0.4 is 5.32 Å². The summed E-state index contributed by atoms with van der Waals surface area (Å²) in [5.74, 6) is 0.168. The standard InChI is InChI=1S/C14H15NO2/c1-3-6-14(11(4-2)10-16)15-12-7-5-8-13(17)9-12/h3-10,15,17H,1H2,2H3/b11-4-,14-6+. The summed E-state index contributed by atoms with van der Waals surface area (Å²) in [4.78, 5) is 10.9. The number of phenolic OH excluding ortho intramolecular Hbond substituents is 1. The molecule has 0 saturated heterocycles. The number of anilines is 1. The average molecular weight is 229 g/mol. The number of phenols is 1. The van der Waals surface area contributed by atoms with Gasteiger partial charge in [-0.15, -0.1) is 0 Å². The van der Waals surface area contributed by atoms with Crippen molar-refractivity contribution in [1.29, 1.82) is 0 Å². The van der Waals surface area contributed by atoms with E-state index in [1.807, 2.05) is 0 Å². The quantitative estimate of drug-likeness (QED) is 0.463. The van der Waals surface area contributed by atoms with Gasteiger partial charge in [-0.1, -0.05) is 24.8 Å². The number of allylic oxidation sites excluding steroid dienone is 4. The number of carbonyl (C=O) groups excluding carboxylic acids is 1. The molecule has 1 aromatic rings. The number of aldehydes is 1. The van der Waals surface area contributed by atoms with E-state index in [4.69, 9.17) is 0 Å². The molecule has 3 heteroatoms. The van der Waals surface area contributed by atoms with Crippen molar-refractivity contribution in [2.24, 2.45) is 0 Å². The number of aromatic hydroxyl groups is 1. The van der Waals surface area contributed by atoms with Crippen LogP contribution in [0.2, 0.25) is 0 Å². The van der Waals surface area contributed by atoms with E-state index < -0.39 is 0 Å². The molecule has 0 radical (unpaired) electrons. The third kappa shape index (κ3) is 3.65. The zero-order valence-corrected chi connectivity index (χ0v) is 9.68. The largest absolute Gasteiger partial charge is 0.508 e. The molecule has 0 bridgehead atoms. The van der Waals surface area contributed by atoms with E-state index in [1.54, 1.807) is 49.4 Å². The predicted molar refractivity (Wildman–Crippen MR) is 69.8 cm³/mol. The molecule has 0 amide bonds. The minimum Gasteiger partial charge on any atom is -0.508 e. The maximum atomic E-state index is 10.9. The van der Waals surface area contributed by atoms with Gasteiger partial charge in [-0.25, -0.2) is 0 Å². The Kier molecular flexibility index (Phi) is 4.76. The lowest BCUT2D eigenvalue weighted by molar-refractivity contribution is -0.104. The number of benzene rings is 1. The maximum absolute atomic E-state index is 10.9. The molecule has 3 nitrogen and oxygen atoms in total. The van der Waals surface area contributed by atoms with Gasteiger partial charge in [0.2, 0.25) is 0 Å². The highest BCUT2D eigenvalue weighted by atomic mass is 16.3. The van der Waals surface area contributed by atoms with E-state index in [1.165, 1.54) is 0 Å². The predicted octanol–water partition coefficient (Wildman–Crippen LogP) is 3.02. The van der Waals surface area contributed by atoms with E-state index in [-0.39, 0.29) is 5.75 Å². The molecule has 0 unspecified atom stereocenters. The van der Waals surface area contributed by atoms with Crippen molar-refractivity contribution in [2.45, 2.75) is 6.92 Å². The van der Waals surface area contributed by atoms with Crippen LogP contribution in [0.3, 0.4) is 0 Å². The molecule has 0 saturated carbocycles. The second-order valence-electron chi connectivity index (χ2n) is 3.35. The van der Waals surface area contributed by atoms with Crippen molar-refractivity contribution in [3.05, 3.63) is 60.3 Å². The summed E-state index contributed by atoms with van der Waals surface area (Å²) in [6.45, 7) is 5.38. The highest BCUT2D eigenvalue weighted by Crippen LogP contribution is 2.19. The fourth-order valence-electron chi connectivity index (χ4n) is 1.35. The van der Waals surface area contributed by atoms with Crippen molar-refractivity contribution >= 4 is 12.0 Å². The van der Waals surface area contributed by atoms with Crippen LogP contribution in [0.1, 0.15) is 6.92 Å². The van der Waals surface area contributed by atoms with Crippen molar-refractivity contribution in [1.82, 2.24) is 0 Å². The van der Waals surface area contributed by atoms with Crippen molar-refractivity contribution < 1.29 is 9.90 Å². The number of hydrogen-bond acceptors (Lipinski definition) is 3. The van der Waals surface area contributed by atoms with Gasteiger partial charge in [-0.05, 0) is 25.1 Å². The highest BCUT2D eigenvalue weighted by Gasteiger charge is 2.03. The summed E-state index contributed by atoms with van der Waals surface area (Å²) < 4.78 is 0. The molecule has 17 heavy (non-hydrogen) atoms. The van der Waals surface area contributed by atoms with Gasteiger partial charge in [0.1, 0.15) is 5.75 Å². The number of carbonyl (C=O) groups is 1. The summed E-state index contributed by atoms with van der Waals surface area (Å²) in [6, 6.07) is 6.68. The Morgan fingerprint density at radius 1 is 1.47 bits per heavy atom. The van der Waals surface area contributed by atoms with E-state index >= 15 is 0 Å². The van der Waals surface area contributed by atoms with Gasteiger partial charge >= 0.3 is 0 Å². The summed E-state index contributed by atoms with van der Waals surface area (Å²) >= 11 is 0. The smallest absolute Gasteiger partial charge is 0.151 e. The Morgan fingerprint density at radius 2 is 2.24 bits per heavy atom. The van der Waals surface area contributed by atoms with Gasteiger partial charge in [-0.3, -0.25) is 4.79 Å². The third-order valence-electron chi connectivity index (χ3n) is 2.16. The minimum absolute atomic E-state index is 0.168. The molecular formula is C14H15NO2. The number of hydrogen-bond donors (Lipinski definition) is 2. The molecular weight excluding hydrogens is 214 g/mol. The lowest BCUT2D eigenvalue weighted by Gasteiger charge is -2.10. The Balaban J connectivity index is 3.00. The second kappa shape index (κ2) is 6.33. The topological polar surface area (TPSA) is 49.3 Å². The summed E-state index contributed by atoms with van der Waals surface area (Å²) in [5, 5.41) is 12.4. The normalized spacial score (nSPS) is 12.1. The molecule has 0 fully saturated rings. The molecule has 0 atom stereocenters. The molecule has 0 aromatic heterocycles. The Hall–Kier alpha value is -2.29. The molecule has 0 aliphatic heterocycles. The van der Waals surface area contributed by atoms with Gasteiger partial charge in [-0.2, -0.15) is 0 Å². The van der Waals surface area contributed by atoms with Gasteiger partial charge < -0.3 is 10.4 Å². The fraction of sp³-hybridized carbons (Fsp3) is 0.0714. The molecule has 2 N–H and O–H groups in total. The fourth-order valence-corrected chi connectivity index (χ4v) is 1.35. The van der Waals surface area contributed by atoms with Crippen molar-refractivity contribution in [2.75, 3.05) is 5.32 Å². The maximum Gasteiger partial charge on any atom is 0.151 e. The Labute approximate surface area is 101 Å². The van der Waals surface area contributed by atoms with Crippen LogP contribution in [0.15, 0.2) is 60.3 Å². The molecule has 0 spiro atoms. The van der Waals surface area contributed by atoms with Crippen LogP contribution >= 0.6 is 0 Å². The lowest BCUT2D eigenvalue weighted by atomic mass is 10.1. The van der Waals surface area contributed by atoms with Gasteiger partial charge in [0.15, 0.2) is 6.29 Å². The first kappa shape index (κ1) is 12.8. The van der Waals surface area contributed by atoms with Crippen LogP contribution in [-0.2, 0) is 4.79 Å². The van der Waals surface area contributed by atoms with Gasteiger partial charge in [0.25, 0.3) is 0 Å². The SMILES string of the molecule is C=C/C=C(Nc1cccc(O)c1)\C(C=O)=C/C. The molecule has 0 aliphatic carbocycles. The zero-order chi connectivity index (χ0) is 12.7. The molecule has 0 aliphatic rings. The first-order valence-corrected chi connectivity index (χ1v) is 5.22. The Bertz CT molecular complexity index is 473. The van der Waals surface area contributed by atoms with Gasteiger partial charge in [0.05, 0.1) is 0 Å². The first-order chi connectivity index (χ1) is 8.21. The molecule has 1 aromatic carbocycles. The van der Waals surface area contributed by atoms with Crippen LogP contribution in [0.5, 0.6) is 5.75 Å². The Morgan fingerprint density at radius 3 is 2.76 bits per heavy atom. The average Bonchev–Trinajstić information content (AvgIpc) is 2.31. The van der Waals surface area contributed by atoms with E-state index in [0.717, 1.165) is 6.29 Å². The van der Waals surface area contributed by atoms with Crippen LogP contribution in [0, 0.1) is 0 Å². The summed E-state index contributed by atoms with van der Waals surface area (Å²) in [5.41, 5.74) is 1.88. The zero-order valence-electron chi connectivity index (χ0n) is 9.68. The lowest BCUT2D eigenvalue weighted by Crippen LogP contribution is -2.03. The monoisotopic (exact) mass is 229 g/mol. The third-order valence-corrected chi connectivity index (χ3v) is 2.16. The van der Waals surface area contributed by atoms with Crippen LogP contribution in [0.4, 0.5) is 5.69 Å². The van der Waals surface area contributed by atoms with Crippen LogP contribution in [0.25, 0.3) is 0 Å². The van der Waals surface area contributed by atoms with Crippen molar-refractivity contribution in [3.8, 4) is 5.75 Å². The number of rotatable bonds is 5. The first-order valence-electron chi connectivity index (χ1n) is 5.22. The summed E-state index contributed by atoms with van der Waals surface area (Å²) in [6.07, 6.45) is 5.77. The molecule has 88 valence electrons. The van der Waals surface area contributed by atoms with E-state index in [9.17, 15) is 9.90 Å².